The summed E-state index contributed by atoms with van der Waals surface area (Å²) in [6.07, 6.45) is 0.445. The number of nitrogens with one attached hydrogen (secondary N) is 2. The number of carbonyl (C=O) groups excluding carboxylic acids is 2. The number of piperazine rings is 1. The first-order chi connectivity index (χ1) is 16.7. The third-order valence-electron chi connectivity index (χ3n) is 6.16. The van der Waals surface area contributed by atoms with Gasteiger partial charge in [-0.2, -0.15) is 0 Å². The summed E-state index contributed by atoms with van der Waals surface area (Å²) in [5, 5.41) is 5.96. The molecule has 0 spiro atoms. The molecule has 176 valence electrons. The lowest BCUT2D eigenvalue weighted by Crippen LogP contribution is -2.51. The Morgan fingerprint density at radius 3 is 2.00 bits per heavy atom. The Kier molecular flexibility index (Phi) is 8.30. The van der Waals surface area contributed by atoms with Crippen molar-refractivity contribution in [2.24, 2.45) is 0 Å². The second-order valence-corrected chi connectivity index (χ2v) is 8.54. The first-order valence-corrected chi connectivity index (χ1v) is 11.9. The average molecular weight is 457 g/mol. The predicted octanol–water partition coefficient (Wildman–Crippen LogP) is 2.97. The zero-order chi connectivity index (χ0) is 23.6. The Hall–Kier alpha value is -3.64. The molecule has 3 aromatic rings. The van der Waals surface area contributed by atoms with Gasteiger partial charge in [0.2, 0.25) is 5.91 Å². The van der Waals surface area contributed by atoms with Gasteiger partial charge in [-0.25, -0.2) is 0 Å². The molecule has 0 saturated carbocycles. The van der Waals surface area contributed by atoms with Crippen LogP contribution in [0, 0.1) is 0 Å². The van der Waals surface area contributed by atoms with E-state index in [1.54, 1.807) is 12.1 Å². The zero-order valence-electron chi connectivity index (χ0n) is 19.4. The molecule has 1 saturated heterocycles. The largest absolute Gasteiger partial charge is 0.369 e. The van der Waals surface area contributed by atoms with Crippen LogP contribution >= 0.6 is 0 Å². The van der Waals surface area contributed by atoms with E-state index in [2.05, 4.69) is 44.7 Å². The Labute approximate surface area is 201 Å². The molecule has 2 N–H and O–H groups in total. The second kappa shape index (κ2) is 12.0. The van der Waals surface area contributed by atoms with Crippen molar-refractivity contribution in [2.75, 3.05) is 44.2 Å². The van der Waals surface area contributed by atoms with Gasteiger partial charge in [-0.05, 0) is 29.8 Å². The van der Waals surface area contributed by atoms with Gasteiger partial charge in [0.1, 0.15) is 6.04 Å². The Balaban J connectivity index is 1.28. The number of benzene rings is 3. The Morgan fingerprint density at radius 2 is 1.35 bits per heavy atom. The van der Waals surface area contributed by atoms with Crippen LogP contribution in [0.15, 0.2) is 91.0 Å². The van der Waals surface area contributed by atoms with E-state index in [0.717, 1.165) is 38.3 Å². The van der Waals surface area contributed by atoms with Crippen LogP contribution in [0.25, 0.3) is 0 Å². The predicted molar refractivity (Wildman–Crippen MR) is 136 cm³/mol. The summed E-state index contributed by atoms with van der Waals surface area (Å²) in [4.78, 5) is 30.5. The van der Waals surface area contributed by atoms with Crippen molar-refractivity contribution < 1.29 is 9.59 Å². The molecule has 1 atom stereocenters. The fourth-order valence-electron chi connectivity index (χ4n) is 4.22. The van der Waals surface area contributed by atoms with Crippen molar-refractivity contribution in [3.8, 4) is 0 Å². The molecule has 2 amide bonds. The smallest absolute Gasteiger partial charge is 0.251 e. The topological polar surface area (TPSA) is 64.7 Å². The van der Waals surface area contributed by atoms with Gasteiger partial charge in [-0.3, -0.25) is 14.5 Å². The molecule has 1 fully saturated rings. The SMILES string of the molecule is O=C(NC(Cc1ccccc1)C(=O)NCCN1CCN(c2ccccc2)CC1)c1ccccc1. The number of nitrogens with zero attached hydrogens (tertiary/aromatic N) is 2. The summed E-state index contributed by atoms with van der Waals surface area (Å²) >= 11 is 0. The minimum atomic E-state index is -0.634. The average Bonchev–Trinajstić information content (AvgIpc) is 2.90. The molecule has 1 unspecified atom stereocenters. The van der Waals surface area contributed by atoms with Crippen LogP contribution < -0.4 is 15.5 Å². The third-order valence-corrected chi connectivity index (χ3v) is 6.16. The minimum absolute atomic E-state index is 0.156. The first-order valence-electron chi connectivity index (χ1n) is 11.9. The molecule has 0 aromatic heterocycles. The quantitative estimate of drug-likeness (QED) is 0.520. The molecule has 0 bridgehead atoms. The van der Waals surface area contributed by atoms with Crippen molar-refractivity contribution in [1.82, 2.24) is 15.5 Å². The molecule has 34 heavy (non-hydrogen) atoms. The maximum absolute atomic E-state index is 13.0. The summed E-state index contributed by atoms with van der Waals surface area (Å²) in [6, 6.07) is 28.6. The van der Waals surface area contributed by atoms with Gasteiger partial charge in [0.15, 0.2) is 0 Å². The highest BCUT2D eigenvalue weighted by molar-refractivity contribution is 5.97. The fraction of sp³-hybridized carbons (Fsp3) is 0.286. The monoisotopic (exact) mass is 456 g/mol. The number of rotatable bonds is 9. The molecule has 0 radical (unpaired) electrons. The maximum atomic E-state index is 13.0. The lowest BCUT2D eigenvalue weighted by molar-refractivity contribution is -0.123. The van der Waals surface area contributed by atoms with E-state index in [1.807, 2.05) is 54.6 Å². The third kappa shape index (κ3) is 6.68. The van der Waals surface area contributed by atoms with Crippen LogP contribution in [0.3, 0.4) is 0 Å². The normalized spacial score (nSPS) is 14.9. The number of carbonyl (C=O) groups is 2. The van der Waals surface area contributed by atoms with E-state index in [-0.39, 0.29) is 11.8 Å². The molecule has 1 heterocycles. The van der Waals surface area contributed by atoms with Gasteiger partial charge >= 0.3 is 0 Å². The highest BCUT2D eigenvalue weighted by atomic mass is 16.2. The molecular weight excluding hydrogens is 424 g/mol. The Morgan fingerprint density at radius 1 is 0.765 bits per heavy atom. The molecule has 6 heteroatoms. The highest BCUT2D eigenvalue weighted by Crippen LogP contribution is 2.15. The number of amides is 2. The van der Waals surface area contributed by atoms with Gasteiger partial charge in [0.25, 0.3) is 5.91 Å². The fourth-order valence-corrected chi connectivity index (χ4v) is 4.22. The van der Waals surface area contributed by atoms with E-state index >= 15 is 0 Å². The summed E-state index contributed by atoms with van der Waals surface area (Å²) < 4.78 is 0. The number of hydrogen-bond acceptors (Lipinski definition) is 4. The van der Waals surface area contributed by atoms with Crippen LogP contribution in [0.1, 0.15) is 15.9 Å². The lowest BCUT2D eigenvalue weighted by atomic mass is 10.0. The second-order valence-electron chi connectivity index (χ2n) is 8.54. The van der Waals surface area contributed by atoms with Crippen LogP contribution in [0.2, 0.25) is 0 Å². The van der Waals surface area contributed by atoms with Crippen LogP contribution in [-0.4, -0.2) is 62.0 Å². The summed E-state index contributed by atoms with van der Waals surface area (Å²) in [5.41, 5.74) is 2.81. The Bertz CT molecular complexity index is 1040. The van der Waals surface area contributed by atoms with Gasteiger partial charge in [-0.15, -0.1) is 0 Å². The van der Waals surface area contributed by atoms with Gasteiger partial charge < -0.3 is 15.5 Å². The van der Waals surface area contributed by atoms with Crippen molar-refractivity contribution in [3.63, 3.8) is 0 Å². The van der Waals surface area contributed by atoms with Crippen LogP contribution in [0.4, 0.5) is 5.69 Å². The molecule has 1 aliphatic rings. The van der Waals surface area contributed by atoms with Crippen molar-refractivity contribution in [1.29, 1.82) is 0 Å². The van der Waals surface area contributed by atoms with Gasteiger partial charge in [-0.1, -0.05) is 66.7 Å². The minimum Gasteiger partial charge on any atom is -0.369 e. The molecule has 4 rings (SSSR count). The number of para-hydroxylation sites is 1. The summed E-state index contributed by atoms with van der Waals surface area (Å²) in [7, 11) is 0. The van der Waals surface area contributed by atoms with E-state index in [9.17, 15) is 9.59 Å². The standard InChI is InChI=1S/C28H32N4O2/c33-27(24-12-6-2-7-13-24)30-26(22-23-10-4-1-5-11-23)28(34)29-16-17-31-18-20-32(21-19-31)25-14-8-3-9-15-25/h1-15,26H,16-22H2,(H,29,34)(H,30,33). The molecule has 1 aliphatic heterocycles. The van der Waals surface area contributed by atoms with E-state index in [1.165, 1.54) is 5.69 Å². The highest BCUT2D eigenvalue weighted by Gasteiger charge is 2.22. The van der Waals surface area contributed by atoms with E-state index in [4.69, 9.17) is 0 Å². The molecule has 0 aliphatic carbocycles. The lowest BCUT2D eigenvalue weighted by Gasteiger charge is -2.36. The number of hydrogen-bond donors (Lipinski definition) is 2. The molecule has 6 nitrogen and oxygen atoms in total. The van der Waals surface area contributed by atoms with Crippen LogP contribution in [-0.2, 0) is 11.2 Å². The van der Waals surface area contributed by atoms with Gasteiger partial charge in [0.05, 0.1) is 0 Å². The van der Waals surface area contributed by atoms with E-state index in [0.29, 0.717) is 18.5 Å². The van der Waals surface area contributed by atoms with Crippen molar-refractivity contribution >= 4 is 17.5 Å². The summed E-state index contributed by atoms with van der Waals surface area (Å²) in [6.45, 7) is 5.21. The zero-order valence-corrected chi connectivity index (χ0v) is 19.4. The van der Waals surface area contributed by atoms with E-state index < -0.39 is 6.04 Å². The molecule has 3 aromatic carbocycles. The van der Waals surface area contributed by atoms with Crippen molar-refractivity contribution in [2.45, 2.75) is 12.5 Å². The summed E-state index contributed by atoms with van der Waals surface area (Å²) in [5.74, 6) is -0.398. The maximum Gasteiger partial charge on any atom is 0.251 e. The van der Waals surface area contributed by atoms with Crippen LogP contribution in [0.5, 0.6) is 0 Å². The van der Waals surface area contributed by atoms with Gasteiger partial charge in [0, 0.05) is 56.9 Å². The first kappa shape index (κ1) is 23.5. The molecular formula is C28H32N4O2. The van der Waals surface area contributed by atoms with Crippen molar-refractivity contribution in [3.05, 3.63) is 102 Å². The number of anilines is 1.